The molecule has 1 rings (SSSR count). The molecular formula is C10H14FNO2. The highest BCUT2D eigenvalue weighted by molar-refractivity contribution is 5.44. The summed E-state index contributed by atoms with van der Waals surface area (Å²) in [6.45, 7) is 0.704. The summed E-state index contributed by atoms with van der Waals surface area (Å²) < 4.78 is 17.8. The number of phenolic OH excluding ortho intramolecular Hbond substituents is 1. The van der Waals surface area contributed by atoms with Crippen LogP contribution in [0, 0.1) is 5.82 Å². The number of phenols is 1. The van der Waals surface area contributed by atoms with E-state index in [4.69, 9.17) is 4.74 Å². The fourth-order valence-electron chi connectivity index (χ4n) is 1.28. The van der Waals surface area contributed by atoms with Gasteiger partial charge in [-0.15, -0.1) is 0 Å². The maximum absolute atomic E-state index is 12.9. The number of ether oxygens (including phenoxy) is 1. The van der Waals surface area contributed by atoms with Crippen molar-refractivity contribution in [3.05, 3.63) is 23.5 Å². The molecule has 0 spiro atoms. The molecule has 0 saturated carbocycles. The molecule has 4 heteroatoms. The van der Waals surface area contributed by atoms with Gasteiger partial charge in [-0.2, -0.15) is 0 Å². The smallest absolute Gasteiger partial charge is 0.130 e. The molecule has 0 radical (unpaired) electrons. The second-order valence-corrected chi connectivity index (χ2v) is 2.96. The van der Waals surface area contributed by atoms with Gasteiger partial charge in [0.2, 0.25) is 0 Å². The quantitative estimate of drug-likeness (QED) is 0.768. The molecule has 0 amide bonds. The van der Waals surface area contributed by atoms with Gasteiger partial charge in [-0.05, 0) is 20.0 Å². The van der Waals surface area contributed by atoms with Gasteiger partial charge >= 0.3 is 0 Å². The van der Waals surface area contributed by atoms with Crippen molar-refractivity contribution < 1.29 is 14.2 Å². The summed E-state index contributed by atoms with van der Waals surface area (Å²) in [5.74, 6) is -0.164. The lowest BCUT2D eigenvalue weighted by atomic mass is 10.1. The van der Waals surface area contributed by atoms with E-state index in [0.29, 0.717) is 24.3 Å². The molecule has 14 heavy (non-hydrogen) atoms. The molecule has 0 unspecified atom stereocenters. The first-order chi connectivity index (χ1) is 6.69. The van der Waals surface area contributed by atoms with E-state index in [9.17, 15) is 9.50 Å². The first kappa shape index (κ1) is 10.8. The van der Waals surface area contributed by atoms with Crippen LogP contribution >= 0.6 is 0 Å². The summed E-state index contributed by atoms with van der Waals surface area (Å²) >= 11 is 0. The Morgan fingerprint density at radius 1 is 1.50 bits per heavy atom. The Bertz CT molecular complexity index is 315. The molecule has 0 atom stereocenters. The van der Waals surface area contributed by atoms with Crippen molar-refractivity contribution in [3.63, 3.8) is 0 Å². The van der Waals surface area contributed by atoms with Gasteiger partial charge in [0.05, 0.1) is 7.11 Å². The second-order valence-electron chi connectivity index (χ2n) is 2.96. The number of halogens is 1. The van der Waals surface area contributed by atoms with Crippen LogP contribution in [0.5, 0.6) is 11.5 Å². The highest BCUT2D eigenvalue weighted by Gasteiger charge is 2.10. The van der Waals surface area contributed by atoms with Crippen LogP contribution in [-0.2, 0) is 6.42 Å². The lowest BCUT2D eigenvalue weighted by Gasteiger charge is -2.10. The molecule has 0 aliphatic carbocycles. The Labute approximate surface area is 82.5 Å². The average molecular weight is 199 g/mol. The standard InChI is InChI=1S/C10H14FNO2/c1-12-4-3-8-9(13)5-7(11)6-10(8)14-2/h5-6,12-13H,3-4H2,1-2H3. The predicted molar refractivity (Wildman–Crippen MR) is 52.2 cm³/mol. The topological polar surface area (TPSA) is 41.5 Å². The maximum Gasteiger partial charge on any atom is 0.130 e. The Morgan fingerprint density at radius 2 is 2.21 bits per heavy atom. The van der Waals surface area contributed by atoms with E-state index in [2.05, 4.69) is 5.32 Å². The molecule has 0 aliphatic heterocycles. The molecule has 0 saturated heterocycles. The molecule has 3 nitrogen and oxygen atoms in total. The second kappa shape index (κ2) is 4.81. The van der Waals surface area contributed by atoms with E-state index in [1.807, 2.05) is 7.05 Å². The highest BCUT2D eigenvalue weighted by atomic mass is 19.1. The Kier molecular flexibility index (Phi) is 3.71. The van der Waals surface area contributed by atoms with Crippen LogP contribution in [0.1, 0.15) is 5.56 Å². The van der Waals surface area contributed by atoms with E-state index in [1.54, 1.807) is 0 Å². The van der Waals surface area contributed by atoms with Crippen LogP contribution in [0.15, 0.2) is 12.1 Å². The fraction of sp³-hybridized carbons (Fsp3) is 0.400. The lowest BCUT2D eigenvalue weighted by Crippen LogP contribution is -2.11. The molecule has 0 aliphatic rings. The minimum absolute atomic E-state index is 0.0582. The van der Waals surface area contributed by atoms with Crippen LogP contribution in [0.3, 0.4) is 0 Å². The summed E-state index contributed by atoms with van der Waals surface area (Å²) in [5.41, 5.74) is 0.628. The molecule has 0 aromatic heterocycles. The third-order valence-corrected chi connectivity index (χ3v) is 2.00. The first-order valence-electron chi connectivity index (χ1n) is 4.39. The molecule has 0 bridgehead atoms. The van der Waals surface area contributed by atoms with E-state index in [-0.39, 0.29) is 5.75 Å². The van der Waals surface area contributed by atoms with E-state index in [0.717, 1.165) is 6.07 Å². The van der Waals surface area contributed by atoms with Crippen molar-refractivity contribution in [1.29, 1.82) is 0 Å². The van der Waals surface area contributed by atoms with Crippen LogP contribution in [-0.4, -0.2) is 25.8 Å². The Hall–Kier alpha value is -1.29. The lowest BCUT2D eigenvalue weighted by molar-refractivity contribution is 0.393. The molecular weight excluding hydrogens is 185 g/mol. The monoisotopic (exact) mass is 199 g/mol. The van der Waals surface area contributed by atoms with Gasteiger partial charge in [0.1, 0.15) is 17.3 Å². The molecule has 0 fully saturated rings. The van der Waals surface area contributed by atoms with Gasteiger partial charge in [-0.3, -0.25) is 0 Å². The van der Waals surface area contributed by atoms with Crippen LogP contribution < -0.4 is 10.1 Å². The van der Waals surface area contributed by atoms with Crippen molar-refractivity contribution in [3.8, 4) is 11.5 Å². The minimum Gasteiger partial charge on any atom is -0.507 e. The van der Waals surface area contributed by atoms with Gasteiger partial charge < -0.3 is 15.2 Å². The Balaban J connectivity index is 2.99. The number of nitrogens with one attached hydrogen (secondary N) is 1. The summed E-state index contributed by atoms with van der Waals surface area (Å²) in [4.78, 5) is 0. The number of methoxy groups -OCH3 is 1. The van der Waals surface area contributed by atoms with Gasteiger partial charge in [0.15, 0.2) is 0 Å². The minimum atomic E-state index is -0.493. The zero-order valence-corrected chi connectivity index (χ0v) is 8.30. The van der Waals surface area contributed by atoms with Crippen molar-refractivity contribution >= 4 is 0 Å². The van der Waals surface area contributed by atoms with E-state index >= 15 is 0 Å². The van der Waals surface area contributed by atoms with Crippen molar-refractivity contribution in [2.24, 2.45) is 0 Å². The summed E-state index contributed by atoms with van der Waals surface area (Å²) in [7, 11) is 3.27. The average Bonchev–Trinajstić information content (AvgIpc) is 2.15. The highest BCUT2D eigenvalue weighted by Crippen LogP contribution is 2.29. The third-order valence-electron chi connectivity index (χ3n) is 2.00. The number of likely N-dealkylation sites (N-methyl/N-ethyl adjacent to an activating group) is 1. The molecule has 2 N–H and O–H groups in total. The van der Waals surface area contributed by atoms with E-state index in [1.165, 1.54) is 13.2 Å². The maximum atomic E-state index is 12.9. The number of hydrogen-bond donors (Lipinski definition) is 2. The molecule has 1 aromatic carbocycles. The zero-order valence-electron chi connectivity index (χ0n) is 8.30. The van der Waals surface area contributed by atoms with Crippen LogP contribution in [0.25, 0.3) is 0 Å². The summed E-state index contributed by atoms with van der Waals surface area (Å²) in [6.07, 6.45) is 0.603. The Morgan fingerprint density at radius 3 is 2.79 bits per heavy atom. The SMILES string of the molecule is CNCCc1c(O)cc(F)cc1OC. The molecule has 0 heterocycles. The van der Waals surface area contributed by atoms with Crippen molar-refractivity contribution in [2.45, 2.75) is 6.42 Å². The first-order valence-corrected chi connectivity index (χ1v) is 4.39. The van der Waals surface area contributed by atoms with Gasteiger partial charge in [-0.25, -0.2) is 4.39 Å². The number of benzene rings is 1. The predicted octanol–water partition coefficient (Wildman–Crippen LogP) is 1.30. The fourth-order valence-corrected chi connectivity index (χ4v) is 1.28. The van der Waals surface area contributed by atoms with Gasteiger partial charge in [0.25, 0.3) is 0 Å². The molecule has 78 valence electrons. The number of rotatable bonds is 4. The number of aromatic hydroxyl groups is 1. The third kappa shape index (κ3) is 2.35. The largest absolute Gasteiger partial charge is 0.507 e. The summed E-state index contributed by atoms with van der Waals surface area (Å²) in [6, 6.07) is 2.36. The van der Waals surface area contributed by atoms with Crippen LogP contribution in [0.4, 0.5) is 4.39 Å². The number of hydrogen-bond acceptors (Lipinski definition) is 3. The van der Waals surface area contributed by atoms with Crippen molar-refractivity contribution in [1.82, 2.24) is 5.32 Å². The molecule has 1 aromatic rings. The van der Waals surface area contributed by atoms with Gasteiger partial charge in [0, 0.05) is 17.7 Å². The normalized spacial score (nSPS) is 10.2. The summed E-state index contributed by atoms with van der Waals surface area (Å²) in [5, 5.41) is 12.4. The van der Waals surface area contributed by atoms with Gasteiger partial charge in [-0.1, -0.05) is 0 Å². The van der Waals surface area contributed by atoms with E-state index < -0.39 is 5.82 Å². The zero-order chi connectivity index (χ0) is 10.6. The van der Waals surface area contributed by atoms with Crippen molar-refractivity contribution in [2.75, 3.05) is 20.7 Å². The van der Waals surface area contributed by atoms with Crippen LogP contribution in [0.2, 0.25) is 0 Å².